The summed E-state index contributed by atoms with van der Waals surface area (Å²) < 4.78 is 5.17. The van der Waals surface area contributed by atoms with Crippen LogP contribution in [0.2, 0.25) is 5.02 Å². The molecule has 0 saturated carbocycles. The predicted octanol–water partition coefficient (Wildman–Crippen LogP) is 4.65. The van der Waals surface area contributed by atoms with Crippen molar-refractivity contribution in [2.24, 2.45) is 5.92 Å². The molecule has 0 spiro atoms. The monoisotopic (exact) mass is 436 g/mol. The standard InChI is InChI=1S/C24H21ClN2O4/c25-18-8-9-20(19(15-18)22(28)16-5-2-1-3-6-16)26-23(29)17-10-12-27(13-11-17)24(30)21-7-4-14-31-21/h1-9,14-15,17H,10-13H2,(H,26,29). The highest BCUT2D eigenvalue weighted by Crippen LogP contribution is 2.26. The summed E-state index contributed by atoms with van der Waals surface area (Å²) in [7, 11) is 0. The fourth-order valence-corrected chi connectivity index (χ4v) is 3.87. The number of amides is 2. The first-order valence-electron chi connectivity index (χ1n) is 10.1. The van der Waals surface area contributed by atoms with Crippen LogP contribution in [0.4, 0.5) is 5.69 Å². The highest BCUT2D eigenvalue weighted by molar-refractivity contribution is 6.31. The van der Waals surface area contributed by atoms with E-state index in [0.29, 0.717) is 53.5 Å². The second-order valence-corrected chi connectivity index (χ2v) is 7.85. The van der Waals surface area contributed by atoms with Gasteiger partial charge in [-0.05, 0) is 43.2 Å². The van der Waals surface area contributed by atoms with E-state index in [9.17, 15) is 14.4 Å². The highest BCUT2D eigenvalue weighted by Gasteiger charge is 2.29. The molecule has 0 bridgehead atoms. The van der Waals surface area contributed by atoms with Gasteiger partial charge in [0.05, 0.1) is 12.0 Å². The van der Waals surface area contributed by atoms with Crippen molar-refractivity contribution in [1.82, 2.24) is 4.90 Å². The van der Waals surface area contributed by atoms with Crippen molar-refractivity contribution in [2.45, 2.75) is 12.8 Å². The lowest BCUT2D eigenvalue weighted by molar-refractivity contribution is -0.121. The summed E-state index contributed by atoms with van der Waals surface area (Å²) in [5, 5.41) is 3.31. The fourth-order valence-electron chi connectivity index (χ4n) is 3.69. The number of furan rings is 1. The van der Waals surface area contributed by atoms with Crippen LogP contribution in [0.3, 0.4) is 0 Å². The maximum atomic E-state index is 12.9. The summed E-state index contributed by atoms with van der Waals surface area (Å²) in [4.78, 5) is 39.9. The third kappa shape index (κ3) is 4.70. The number of nitrogens with one attached hydrogen (secondary N) is 1. The van der Waals surface area contributed by atoms with E-state index in [1.54, 1.807) is 59.5 Å². The molecule has 1 aliphatic heterocycles. The highest BCUT2D eigenvalue weighted by atomic mass is 35.5. The Morgan fingerprint density at radius 3 is 2.39 bits per heavy atom. The Labute approximate surface area is 184 Å². The van der Waals surface area contributed by atoms with E-state index < -0.39 is 0 Å². The molecule has 1 fully saturated rings. The molecule has 2 heterocycles. The van der Waals surface area contributed by atoms with Crippen molar-refractivity contribution < 1.29 is 18.8 Å². The predicted molar refractivity (Wildman–Crippen MR) is 117 cm³/mol. The van der Waals surface area contributed by atoms with Crippen LogP contribution in [0.5, 0.6) is 0 Å². The van der Waals surface area contributed by atoms with Crippen molar-refractivity contribution in [3.05, 3.63) is 88.8 Å². The lowest BCUT2D eigenvalue weighted by Gasteiger charge is -2.30. The average Bonchev–Trinajstić information content (AvgIpc) is 3.35. The van der Waals surface area contributed by atoms with E-state index in [0.717, 1.165) is 0 Å². The van der Waals surface area contributed by atoms with Gasteiger partial charge < -0.3 is 14.6 Å². The van der Waals surface area contributed by atoms with Gasteiger partial charge in [0.1, 0.15) is 0 Å². The Hall–Kier alpha value is -3.38. The van der Waals surface area contributed by atoms with Gasteiger partial charge in [-0.2, -0.15) is 0 Å². The number of carbonyl (C=O) groups is 3. The maximum absolute atomic E-state index is 12.9. The molecule has 0 radical (unpaired) electrons. The van der Waals surface area contributed by atoms with Gasteiger partial charge in [-0.25, -0.2) is 0 Å². The summed E-state index contributed by atoms with van der Waals surface area (Å²) in [5.74, 6) is -0.506. The first-order valence-corrected chi connectivity index (χ1v) is 10.4. The molecule has 4 rings (SSSR count). The molecular formula is C24H21ClN2O4. The third-order valence-corrected chi connectivity index (χ3v) is 5.64. The summed E-state index contributed by atoms with van der Waals surface area (Å²) in [5.41, 5.74) is 1.29. The van der Waals surface area contributed by atoms with E-state index in [1.165, 1.54) is 6.26 Å². The molecule has 1 aliphatic rings. The van der Waals surface area contributed by atoms with E-state index in [-0.39, 0.29) is 23.5 Å². The van der Waals surface area contributed by atoms with Crippen LogP contribution in [-0.4, -0.2) is 35.6 Å². The summed E-state index contributed by atoms with van der Waals surface area (Å²) in [6.45, 7) is 0.933. The van der Waals surface area contributed by atoms with Crippen LogP contribution in [0.25, 0.3) is 0 Å². The Balaban J connectivity index is 1.43. The van der Waals surface area contributed by atoms with Gasteiger partial charge in [0, 0.05) is 35.2 Å². The van der Waals surface area contributed by atoms with Crippen LogP contribution in [-0.2, 0) is 4.79 Å². The lowest BCUT2D eigenvalue weighted by Crippen LogP contribution is -2.41. The number of rotatable bonds is 5. The minimum Gasteiger partial charge on any atom is -0.459 e. The molecule has 2 aromatic carbocycles. The summed E-state index contributed by atoms with van der Waals surface area (Å²) in [6, 6.07) is 17.0. The molecule has 3 aromatic rings. The zero-order valence-corrected chi connectivity index (χ0v) is 17.5. The van der Waals surface area contributed by atoms with E-state index >= 15 is 0 Å². The molecule has 1 aromatic heterocycles. The van der Waals surface area contributed by atoms with Crippen LogP contribution in [0, 0.1) is 5.92 Å². The Kier molecular flexibility index (Phi) is 6.18. The molecule has 31 heavy (non-hydrogen) atoms. The average molecular weight is 437 g/mol. The normalized spacial score (nSPS) is 14.3. The van der Waals surface area contributed by atoms with Gasteiger partial charge in [-0.3, -0.25) is 14.4 Å². The number of likely N-dealkylation sites (tertiary alicyclic amines) is 1. The third-order valence-electron chi connectivity index (χ3n) is 5.41. The van der Waals surface area contributed by atoms with Gasteiger partial charge in [0.2, 0.25) is 5.91 Å². The molecule has 7 heteroatoms. The fraction of sp³-hybridized carbons (Fsp3) is 0.208. The van der Waals surface area contributed by atoms with E-state index in [4.69, 9.17) is 16.0 Å². The van der Waals surface area contributed by atoms with Crippen LogP contribution < -0.4 is 5.32 Å². The molecule has 6 nitrogen and oxygen atoms in total. The van der Waals surface area contributed by atoms with Gasteiger partial charge >= 0.3 is 0 Å². The largest absolute Gasteiger partial charge is 0.459 e. The summed E-state index contributed by atoms with van der Waals surface area (Å²) in [6.07, 6.45) is 2.54. The second kappa shape index (κ2) is 9.18. The SMILES string of the molecule is O=C(c1ccccc1)c1cc(Cl)ccc1NC(=O)C1CCN(C(=O)c2ccco2)CC1. The van der Waals surface area contributed by atoms with Gasteiger partial charge in [-0.1, -0.05) is 41.9 Å². The number of nitrogens with zero attached hydrogens (tertiary/aromatic N) is 1. The molecule has 1 N–H and O–H groups in total. The number of anilines is 1. The number of benzene rings is 2. The quantitative estimate of drug-likeness (QED) is 0.590. The zero-order chi connectivity index (χ0) is 21.8. The van der Waals surface area contributed by atoms with Crippen molar-refractivity contribution >= 4 is 34.9 Å². The molecular weight excluding hydrogens is 416 g/mol. The maximum Gasteiger partial charge on any atom is 0.289 e. The molecule has 2 amide bonds. The second-order valence-electron chi connectivity index (χ2n) is 7.42. The Morgan fingerprint density at radius 2 is 1.71 bits per heavy atom. The molecule has 1 saturated heterocycles. The summed E-state index contributed by atoms with van der Waals surface area (Å²) >= 11 is 6.11. The molecule has 0 unspecified atom stereocenters. The lowest BCUT2D eigenvalue weighted by atomic mass is 9.95. The van der Waals surface area contributed by atoms with Crippen molar-refractivity contribution in [1.29, 1.82) is 0 Å². The number of hydrogen-bond acceptors (Lipinski definition) is 4. The van der Waals surface area contributed by atoms with Crippen molar-refractivity contribution in [3.8, 4) is 0 Å². The molecule has 0 aliphatic carbocycles. The number of carbonyl (C=O) groups excluding carboxylic acids is 3. The van der Waals surface area contributed by atoms with Crippen LogP contribution in [0.15, 0.2) is 71.3 Å². The Morgan fingerprint density at radius 1 is 0.968 bits per heavy atom. The number of piperidine rings is 1. The smallest absolute Gasteiger partial charge is 0.289 e. The van der Waals surface area contributed by atoms with Crippen molar-refractivity contribution in [3.63, 3.8) is 0 Å². The molecule has 0 atom stereocenters. The van der Waals surface area contributed by atoms with Crippen molar-refractivity contribution in [2.75, 3.05) is 18.4 Å². The minimum absolute atomic E-state index is 0.169. The van der Waals surface area contributed by atoms with Gasteiger partial charge in [0.15, 0.2) is 11.5 Å². The number of halogens is 1. The minimum atomic E-state index is -0.254. The first kappa shape index (κ1) is 20.9. The van der Waals surface area contributed by atoms with E-state index in [1.807, 2.05) is 6.07 Å². The number of ketones is 1. The zero-order valence-electron chi connectivity index (χ0n) is 16.7. The van der Waals surface area contributed by atoms with Crippen LogP contribution >= 0.6 is 11.6 Å². The first-order chi connectivity index (χ1) is 15.0. The number of hydrogen-bond donors (Lipinski definition) is 1. The molecule has 158 valence electrons. The Bertz CT molecular complexity index is 1090. The van der Waals surface area contributed by atoms with E-state index in [2.05, 4.69) is 5.32 Å². The van der Waals surface area contributed by atoms with Gasteiger partial charge in [-0.15, -0.1) is 0 Å². The topological polar surface area (TPSA) is 79.6 Å². The van der Waals surface area contributed by atoms with Crippen LogP contribution in [0.1, 0.15) is 39.3 Å². The van der Waals surface area contributed by atoms with Gasteiger partial charge in [0.25, 0.3) is 5.91 Å².